The predicted molar refractivity (Wildman–Crippen MR) is 85.8 cm³/mol. The van der Waals surface area contributed by atoms with Crippen molar-refractivity contribution in [2.75, 3.05) is 5.32 Å². The molecule has 0 saturated heterocycles. The Morgan fingerprint density at radius 2 is 1.90 bits per heavy atom. The number of carbonyl (C=O) groups excluding carboxylic acids is 1. The van der Waals surface area contributed by atoms with Crippen LogP contribution in [0.15, 0.2) is 52.1 Å². The molecule has 4 N–H and O–H groups in total. The minimum atomic E-state index is -0.264. The van der Waals surface area contributed by atoms with Crippen LogP contribution in [0.1, 0.15) is 21.5 Å². The number of carbonyl (C=O) groups is 1. The van der Waals surface area contributed by atoms with Crippen molar-refractivity contribution in [1.82, 2.24) is 0 Å². The monoisotopic (exact) mass is 347 g/mol. The SMILES string of the molecule is Cc1cccc(NC(=O)c2ccc(Br)cc2)c1/C(N)=N/O. The van der Waals surface area contributed by atoms with Gasteiger partial charge in [0.2, 0.25) is 0 Å². The summed E-state index contributed by atoms with van der Waals surface area (Å²) in [5.74, 6) is -0.306. The first-order valence-electron chi connectivity index (χ1n) is 6.17. The smallest absolute Gasteiger partial charge is 0.255 e. The normalized spacial score (nSPS) is 11.2. The number of rotatable bonds is 3. The fraction of sp³-hybridized carbons (Fsp3) is 0.0667. The van der Waals surface area contributed by atoms with Gasteiger partial charge in [-0.25, -0.2) is 0 Å². The number of amidine groups is 1. The molecule has 0 radical (unpaired) electrons. The van der Waals surface area contributed by atoms with E-state index in [1.165, 1.54) is 0 Å². The molecule has 21 heavy (non-hydrogen) atoms. The molecular weight excluding hydrogens is 334 g/mol. The van der Waals surface area contributed by atoms with Crippen LogP contribution >= 0.6 is 15.9 Å². The molecule has 0 aliphatic heterocycles. The number of nitrogens with zero attached hydrogens (tertiary/aromatic N) is 1. The molecule has 108 valence electrons. The van der Waals surface area contributed by atoms with E-state index in [0.29, 0.717) is 16.8 Å². The Hall–Kier alpha value is -2.34. The molecule has 0 spiro atoms. The lowest BCUT2D eigenvalue weighted by Gasteiger charge is -2.12. The Morgan fingerprint density at radius 1 is 1.24 bits per heavy atom. The van der Waals surface area contributed by atoms with Gasteiger partial charge in [-0.05, 0) is 42.8 Å². The predicted octanol–water partition coefficient (Wildman–Crippen LogP) is 3.10. The van der Waals surface area contributed by atoms with Crippen LogP contribution in [0.4, 0.5) is 5.69 Å². The molecule has 0 aliphatic carbocycles. The summed E-state index contributed by atoms with van der Waals surface area (Å²) in [6.07, 6.45) is 0. The third kappa shape index (κ3) is 3.41. The molecule has 0 unspecified atom stereocenters. The summed E-state index contributed by atoms with van der Waals surface area (Å²) < 4.78 is 0.895. The second-order valence-corrected chi connectivity index (χ2v) is 5.36. The van der Waals surface area contributed by atoms with Crippen molar-refractivity contribution in [3.05, 3.63) is 63.6 Å². The highest BCUT2D eigenvalue weighted by molar-refractivity contribution is 9.10. The molecule has 5 nitrogen and oxygen atoms in total. The highest BCUT2D eigenvalue weighted by Gasteiger charge is 2.13. The Labute approximate surface area is 130 Å². The van der Waals surface area contributed by atoms with Crippen molar-refractivity contribution in [2.24, 2.45) is 10.9 Å². The van der Waals surface area contributed by atoms with E-state index in [1.54, 1.807) is 36.4 Å². The third-order valence-corrected chi connectivity index (χ3v) is 3.52. The lowest BCUT2D eigenvalue weighted by molar-refractivity contribution is 0.102. The molecule has 0 atom stereocenters. The summed E-state index contributed by atoms with van der Waals surface area (Å²) in [6, 6.07) is 12.3. The molecule has 0 bridgehead atoms. The summed E-state index contributed by atoms with van der Waals surface area (Å²) in [5.41, 5.74) is 8.00. The van der Waals surface area contributed by atoms with Gasteiger partial charge in [0.05, 0.1) is 5.69 Å². The number of benzene rings is 2. The lowest BCUT2D eigenvalue weighted by Crippen LogP contribution is -2.20. The number of amides is 1. The highest BCUT2D eigenvalue weighted by Crippen LogP contribution is 2.20. The van der Waals surface area contributed by atoms with E-state index >= 15 is 0 Å². The van der Waals surface area contributed by atoms with Gasteiger partial charge in [-0.15, -0.1) is 0 Å². The molecule has 6 heteroatoms. The van der Waals surface area contributed by atoms with Gasteiger partial charge in [-0.2, -0.15) is 0 Å². The molecular formula is C15H14BrN3O2. The van der Waals surface area contributed by atoms with Crippen molar-refractivity contribution in [3.8, 4) is 0 Å². The van der Waals surface area contributed by atoms with Crippen molar-refractivity contribution in [2.45, 2.75) is 6.92 Å². The second kappa shape index (κ2) is 6.41. The van der Waals surface area contributed by atoms with Gasteiger partial charge < -0.3 is 16.3 Å². The summed E-state index contributed by atoms with van der Waals surface area (Å²) in [5, 5.41) is 14.6. The van der Waals surface area contributed by atoms with Crippen LogP contribution < -0.4 is 11.1 Å². The van der Waals surface area contributed by atoms with Crippen molar-refractivity contribution in [1.29, 1.82) is 0 Å². The number of oxime groups is 1. The number of nitrogens with two attached hydrogens (primary N) is 1. The van der Waals surface area contributed by atoms with Crippen LogP contribution in [0.3, 0.4) is 0 Å². The Kier molecular flexibility index (Phi) is 4.59. The molecule has 0 saturated carbocycles. The zero-order chi connectivity index (χ0) is 15.4. The average Bonchev–Trinajstić information content (AvgIpc) is 2.47. The first-order chi connectivity index (χ1) is 10.0. The molecule has 2 aromatic rings. The van der Waals surface area contributed by atoms with Gasteiger partial charge in [0.15, 0.2) is 5.84 Å². The fourth-order valence-corrected chi connectivity index (χ4v) is 2.22. The van der Waals surface area contributed by atoms with Crippen LogP contribution in [0, 0.1) is 6.92 Å². The van der Waals surface area contributed by atoms with E-state index in [9.17, 15) is 4.79 Å². The zero-order valence-corrected chi connectivity index (χ0v) is 12.9. The van der Waals surface area contributed by atoms with Crippen LogP contribution in [0.5, 0.6) is 0 Å². The van der Waals surface area contributed by atoms with Crippen LogP contribution in [-0.4, -0.2) is 17.0 Å². The summed E-state index contributed by atoms with van der Waals surface area (Å²) in [6.45, 7) is 1.82. The number of aryl methyl sites for hydroxylation is 1. The van der Waals surface area contributed by atoms with Gasteiger partial charge in [-0.3, -0.25) is 4.79 Å². The zero-order valence-electron chi connectivity index (χ0n) is 11.3. The Morgan fingerprint density at radius 3 is 2.52 bits per heavy atom. The number of halogens is 1. The maximum Gasteiger partial charge on any atom is 0.255 e. The standard InChI is InChI=1S/C15H14BrN3O2/c1-9-3-2-4-12(13(9)14(17)19-21)18-15(20)10-5-7-11(16)8-6-10/h2-8,21H,1H3,(H2,17,19)(H,18,20). The third-order valence-electron chi connectivity index (χ3n) is 2.99. The van der Waals surface area contributed by atoms with E-state index in [4.69, 9.17) is 10.9 Å². The molecule has 0 fully saturated rings. The van der Waals surface area contributed by atoms with Gasteiger partial charge in [0.1, 0.15) is 0 Å². The quantitative estimate of drug-likeness (QED) is 0.345. The van der Waals surface area contributed by atoms with E-state index in [-0.39, 0.29) is 11.7 Å². The fourth-order valence-electron chi connectivity index (χ4n) is 1.96. The van der Waals surface area contributed by atoms with E-state index < -0.39 is 0 Å². The Balaban J connectivity index is 2.33. The first-order valence-corrected chi connectivity index (χ1v) is 6.96. The molecule has 0 aliphatic rings. The number of hydrogen-bond acceptors (Lipinski definition) is 3. The van der Waals surface area contributed by atoms with Gasteiger partial charge >= 0.3 is 0 Å². The highest BCUT2D eigenvalue weighted by atomic mass is 79.9. The number of nitrogens with one attached hydrogen (secondary N) is 1. The number of hydrogen-bond donors (Lipinski definition) is 3. The van der Waals surface area contributed by atoms with Crippen LogP contribution in [0.2, 0.25) is 0 Å². The van der Waals surface area contributed by atoms with Crippen molar-refractivity contribution in [3.63, 3.8) is 0 Å². The minimum absolute atomic E-state index is 0.0424. The summed E-state index contributed by atoms with van der Waals surface area (Å²) >= 11 is 3.32. The summed E-state index contributed by atoms with van der Waals surface area (Å²) in [4.78, 5) is 12.2. The molecule has 1 amide bonds. The minimum Gasteiger partial charge on any atom is -0.409 e. The van der Waals surface area contributed by atoms with Gasteiger partial charge in [0, 0.05) is 15.6 Å². The molecule has 2 rings (SSSR count). The van der Waals surface area contributed by atoms with Crippen LogP contribution in [0.25, 0.3) is 0 Å². The largest absolute Gasteiger partial charge is 0.409 e. The molecule has 0 heterocycles. The summed E-state index contributed by atoms with van der Waals surface area (Å²) in [7, 11) is 0. The van der Waals surface area contributed by atoms with E-state index in [2.05, 4.69) is 26.4 Å². The lowest BCUT2D eigenvalue weighted by atomic mass is 10.1. The van der Waals surface area contributed by atoms with Crippen LogP contribution in [-0.2, 0) is 0 Å². The number of anilines is 1. The Bertz CT molecular complexity index is 697. The van der Waals surface area contributed by atoms with E-state index in [1.807, 2.05) is 13.0 Å². The maximum atomic E-state index is 12.2. The van der Waals surface area contributed by atoms with Gasteiger partial charge in [0.25, 0.3) is 5.91 Å². The topological polar surface area (TPSA) is 87.7 Å². The van der Waals surface area contributed by atoms with Crippen molar-refractivity contribution >= 4 is 33.4 Å². The van der Waals surface area contributed by atoms with Crippen molar-refractivity contribution < 1.29 is 10.0 Å². The van der Waals surface area contributed by atoms with E-state index in [0.717, 1.165) is 10.0 Å². The van der Waals surface area contributed by atoms with Gasteiger partial charge in [-0.1, -0.05) is 33.2 Å². The average molecular weight is 348 g/mol. The second-order valence-electron chi connectivity index (χ2n) is 4.44. The maximum absolute atomic E-state index is 12.2. The first kappa shape index (κ1) is 15.1. The molecule has 2 aromatic carbocycles. The molecule has 0 aromatic heterocycles.